The lowest BCUT2D eigenvalue weighted by Gasteiger charge is -2.13. The van der Waals surface area contributed by atoms with Gasteiger partial charge in [-0.2, -0.15) is 0 Å². The molecule has 23 heavy (non-hydrogen) atoms. The van der Waals surface area contributed by atoms with Crippen molar-refractivity contribution < 1.29 is 9.59 Å². The highest BCUT2D eigenvalue weighted by Gasteiger charge is 2.26. The number of carbonyl (C=O) groups is 2. The van der Waals surface area contributed by atoms with Crippen molar-refractivity contribution in [2.45, 2.75) is 38.1 Å². The first kappa shape index (κ1) is 15.7. The zero-order chi connectivity index (χ0) is 16.2. The van der Waals surface area contributed by atoms with Crippen LogP contribution in [0.25, 0.3) is 0 Å². The summed E-state index contributed by atoms with van der Waals surface area (Å²) < 4.78 is 0. The van der Waals surface area contributed by atoms with Crippen LogP contribution in [0.4, 0.5) is 5.13 Å². The number of anilines is 1. The number of benzene rings is 1. The van der Waals surface area contributed by atoms with Crippen LogP contribution in [-0.2, 0) is 4.79 Å². The Bertz CT molecular complexity index is 695. The minimum atomic E-state index is -0.245. The standard InChI is InChI=1S/C17H19N3O2S/c1-11(18-16(22)13-5-3-2-4-6-13)9-15(21)20-17-19-14(10-23-17)12-7-8-12/h2-6,10-12H,7-9H2,1H3,(H,18,22)(H,19,20,21). The van der Waals surface area contributed by atoms with Gasteiger partial charge >= 0.3 is 0 Å². The molecule has 0 radical (unpaired) electrons. The summed E-state index contributed by atoms with van der Waals surface area (Å²) in [4.78, 5) is 28.5. The van der Waals surface area contributed by atoms with Crippen molar-refractivity contribution in [1.82, 2.24) is 10.3 Å². The van der Waals surface area contributed by atoms with Gasteiger partial charge in [-0.05, 0) is 31.9 Å². The highest BCUT2D eigenvalue weighted by molar-refractivity contribution is 7.13. The van der Waals surface area contributed by atoms with E-state index in [9.17, 15) is 9.59 Å². The predicted octanol–water partition coefficient (Wildman–Crippen LogP) is 3.17. The van der Waals surface area contributed by atoms with Gasteiger partial charge in [0.15, 0.2) is 5.13 Å². The van der Waals surface area contributed by atoms with E-state index in [4.69, 9.17) is 0 Å². The van der Waals surface area contributed by atoms with Gasteiger partial charge in [0.2, 0.25) is 5.91 Å². The Morgan fingerprint density at radius 3 is 2.74 bits per heavy atom. The molecule has 0 bridgehead atoms. The number of nitrogens with zero attached hydrogens (tertiary/aromatic N) is 1. The highest BCUT2D eigenvalue weighted by Crippen LogP contribution is 2.40. The summed E-state index contributed by atoms with van der Waals surface area (Å²) in [5.74, 6) is 0.278. The summed E-state index contributed by atoms with van der Waals surface area (Å²) in [7, 11) is 0. The molecule has 1 unspecified atom stereocenters. The number of rotatable bonds is 6. The topological polar surface area (TPSA) is 71.1 Å². The Balaban J connectivity index is 1.47. The fraction of sp³-hybridized carbons (Fsp3) is 0.353. The molecule has 0 spiro atoms. The molecule has 3 rings (SSSR count). The van der Waals surface area contributed by atoms with Crippen LogP contribution in [-0.4, -0.2) is 22.8 Å². The van der Waals surface area contributed by atoms with E-state index in [1.165, 1.54) is 24.2 Å². The Kier molecular flexibility index (Phi) is 4.71. The maximum absolute atomic E-state index is 12.0. The van der Waals surface area contributed by atoms with Gasteiger partial charge < -0.3 is 10.6 Å². The van der Waals surface area contributed by atoms with Gasteiger partial charge in [0.05, 0.1) is 5.69 Å². The van der Waals surface area contributed by atoms with Crippen LogP contribution in [0.3, 0.4) is 0 Å². The number of thiazole rings is 1. The minimum absolute atomic E-state index is 0.137. The van der Waals surface area contributed by atoms with Gasteiger partial charge in [-0.15, -0.1) is 11.3 Å². The van der Waals surface area contributed by atoms with Crippen molar-refractivity contribution in [3.05, 3.63) is 47.0 Å². The van der Waals surface area contributed by atoms with Crippen LogP contribution in [0.5, 0.6) is 0 Å². The quantitative estimate of drug-likeness (QED) is 0.855. The van der Waals surface area contributed by atoms with Gasteiger partial charge in [-0.25, -0.2) is 4.98 Å². The zero-order valence-corrected chi connectivity index (χ0v) is 13.7. The number of hydrogen-bond donors (Lipinski definition) is 2. The molecule has 1 aromatic carbocycles. The predicted molar refractivity (Wildman–Crippen MR) is 90.7 cm³/mol. The van der Waals surface area contributed by atoms with E-state index in [1.807, 2.05) is 30.5 Å². The molecular formula is C17H19N3O2S. The molecule has 1 aromatic heterocycles. The maximum atomic E-state index is 12.0. The van der Waals surface area contributed by atoms with Crippen molar-refractivity contribution in [3.8, 4) is 0 Å². The van der Waals surface area contributed by atoms with Gasteiger partial charge in [-0.3, -0.25) is 9.59 Å². The lowest BCUT2D eigenvalue weighted by atomic mass is 10.1. The summed E-state index contributed by atoms with van der Waals surface area (Å²) in [5.41, 5.74) is 1.67. The molecule has 2 aromatic rings. The highest BCUT2D eigenvalue weighted by atomic mass is 32.1. The molecule has 1 aliphatic rings. The van der Waals surface area contributed by atoms with Crippen LogP contribution in [0.2, 0.25) is 0 Å². The van der Waals surface area contributed by atoms with E-state index in [1.54, 1.807) is 12.1 Å². The third-order valence-electron chi connectivity index (χ3n) is 3.67. The summed E-state index contributed by atoms with van der Waals surface area (Å²) in [6.45, 7) is 1.82. The number of aromatic nitrogens is 1. The molecule has 1 atom stereocenters. The van der Waals surface area contributed by atoms with Crippen molar-refractivity contribution in [2.75, 3.05) is 5.32 Å². The largest absolute Gasteiger partial charge is 0.349 e. The zero-order valence-electron chi connectivity index (χ0n) is 12.9. The third-order valence-corrected chi connectivity index (χ3v) is 4.44. The first-order valence-electron chi connectivity index (χ1n) is 7.73. The third kappa shape index (κ3) is 4.39. The van der Waals surface area contributed by atoms with Gasteiger partial charge in [0, 0.05) is 29.3 Å². The maximum Gasteiger partial charge on any atom is 0.251 e. The normalized spacial score (nSPS) is 15.0. The second-order valence-corrected chi connectivity index (χ2v) is 6.70. The Labute approximate surface area is 139 Å². The van der Waals surface area contributed by atoms with Crippen LogP contribution >= 0.6 is 11.3 Å². The number of nitrogens with one attached hydrogen (secondary N) is 2. The van der Waals surface area contributed by atoms with E-state index in [0.717, 1.165) is 5.69 Å². The lowest BCUT2D eigenvalue weighted by Crippen LogP contribution is -2.35. The Hall–Kier alpha value is -2.21. The SMILES string of the molecule is CC(CC(=O)Nc1nc(C2CC2)cs1)NC(=O)c1ccccc1. The van der Waals surface area contributed by atoms with Crippen LogP contribution < -0.4 is 10.6 Å². The number of amides is 2. The first-order valence-corrected chi connectivity index (χ1v) is 8.61. The molecule has 120 valence electrons. The second kappa shape index (κ2) is 6.91. The van der Waals surface area contributed by atoms with Crippen LogP contribution in [0.1, 0.15) is 48.2 Å². The lowest BCUT2D eigenvalue weighted by molar-refractivity contribution is -0.116. The van der Waals surface area contributed by atoms with Crippen molar-refractivity contribution in [2.24, 2.45) is 0 Å². The second-order valence-electron chi connectivity index (χ2n) is 5.84. The van der Waals surface area contributed by atoms with E-state index < -0.39 is 0 Å². The molecule has 2 amide bonds. The fourth-order valence-electron chi connectivity index (χ4n) is 2.31. The molecule has 1 saturated carbocycles. The van der Waals surface area contributed by atoms with Crippen LogP contribution in [0.15, 0.2) is 35.7 Å². The van der Waals surface area contributed by atoms with E-state index in [-0.39, 0.29) is 24.3 Å². The average molecular weight is 329 g/mol. The van der Waals surface area contributed by atoms with E-state index in [2.05, 4.69) is 15.6 Å². The molecule has 5 nitrogen and oxygen atoms in total. The molecule has 0 aliphatic heterocycles. The molecular weight excluding hydrogens is 310 g/mol. The molecule has 6 heteroatoms. The Morgan fingerprint density at radius 1 is 1.30 bits per heavy atom. The smallest absolute Gasteiger partial charge is 0.251 e. The average Bonchev–Trinajstić information content (AvgIpc) is 3.28. The fourth-order valence-corrected chi connectivity index (χ4v) is 3.11. The monoisotopic (exact) mass is 329 g/mol. The summed E-state index contributed by atoms with van der Waals surface area (Å²) in [6.07, 6.45) is 2.61. The van der Waals surface area contributed by atoms with Gasteiger partial charge in [-0.1, -0.05) is 18.2 Å². The van der Waals surface area contributed by atoms with Crippen molar-refractivity contribution in [3.63, 3.8) is 0 Å². The van der Waals surface area contributed by atoms with Gasteiger partial charge in [0.1, 0.15) is 0 Å². The van der Waals surface area contributed by atoms with E-state index >= 15 is 0 Å². The molecule has 1 fully saturated rings. The summed E-state index contributed by atoms with van der Waals surface area (Å²) in [6, 6.07) is 8.73. The number of carbonyl (C=O) groups excluding carboxylic acids is 2. The van der Waals surface area contributed by atoms with Crippen molar-refractivity contribution in [1.29, 1.82) is 0 Å². The summed E-state index contributed by atoms with van der Waals surface area (Å²) in [5, 5.41) is 8.28. The summed E-state index contributed by atoms with van der Waals surface area (Å²) >= 11 is 1.45. The first-order chi connectivity index (χ1) is 11.1. The van der Waals surface area contributed by atoms with Crippen LogP contribution in [0, 0.1) is 0 Å². The van der Waals surface area contributed by atoms with Gasteiger partial charge in [0.25, 0.3) is 5.91 Å². The Morgan fingerprint density at radius 2 is 2.04 bits per heavy atom. The number of hydrogen-bond acceptors (Lipinski definition) is 4. The van der Waals surface area contributed by atoms with Crippen molar-refractivity contribution >= 4 is 28.3 Å². The molecule has 1 aliphatic carbocycles. The minimum Gasteiger partial charge on any atom is -0.349 e. The molecule has 1 heterocycles. The molecule has 0 saturated heterocycles. The van der Waals surface area contributed by atoms with E-state index in [0.29, 0.717) is 16.6 Å². The molecule has 2 N–H and O–H groups in total.